The van der Waals surface area contributed by atoms with Gasteiger partial charge in [0.15, 0.2) is 23.0 Å². The Kier molecular flexibility index (Phi) is 62.4. The van der Waals surface area contributed by atoms with Crippen LogP contribution in [0.15, 0.2) is 48.5 Å². The number of allylic oxidation sites excluding steroid dienone is 2. The Morgan fingerprint density at radius 3 is 0.548 bits per heavy atom. The van der Waals surface area contributed by atoms with Gasteiger partial charge in [0.2, 0.25) is 11.5 Å². The van der Waals surface area contributed by atoms with Crippen LogP contribution in [0.4, 0.5) is 0 Å². The number of nitrogens with zero attached hydrogens (tertiary/aromatic N) is 2. The van der Waals surface area contributed by atoms with Crippen molar-refractivity contribution in [1.29, 1.82) is 10.5 Å². The highest BCUT2D eigenvalue weighted by Gasteiger charge is 2.20. The fourth-order valence-electron chi connectivity index (χ4n) is 14.2. The van der Waals surface area contributed by atoms with E-state index in [-0.39, 0.29) is 0 Å². The van der Waals surface area contributed by atoms with Crippen LogP contribution in [-0.2, 0) is 0 Å². The number of benzene rings is 3. The molecule has 104 heavy (non-hydrogen) atoms. The third-order valence-corrected chi connectivity index (χ3v) is 21.0. The normalized spacial score (nSPS) is 11.7. The van der Waals surface area contributed by atoms with E-state index in [9.17, 15) is 10.5 Å². The topological polar surface area (TPSA) is 103 Å². The number of ether oxygens (including phenoxy) is 6. The molecule has 0 atom stereocenters. The molecule has 0 saturated heterocycles. The maximum absolute atomic E-state index is 11.0. The first-order chi connectivity index (χ1) is 51.5. The predicted octanol–water partition coefficient (Wildman–Crippen LogP) is 31.6. The van der Waals surface area contributed by atoms with Gasteiger partial charge >= 0.3 is 0 Å². The molecule has 0 aliphatic carbocycles. The summed E-state index contributed by atoms with van der Waals surface area (Å²) in [5.74, 6) is 4.11. The standard InChI is InChI=1S/C96H160N2O6/c1-7-13-19-25-31-37-43-49-55-61-71-99-91-79-85(80-92(100-72-62-56-50-44-38-32-26-20-14-8-2)95(91)103-75-65-59-53-47-41-35-29-23-17-11-5)77-89(83-97)87-67-69-88(70-68-87)90(84-98)78-86-81-93(101-73-63-57-51-45-39-33-27-21-15-9-3)96(104-76-66-60-54-48-42-36-30-24-18-12-6)94(82-86)102-74-64-58-52-46-40-34-28-22-16-10-4/h67-70,77-82H,7-66,71-76H2,1-6H3/b89-77+,90-78+. The largest absolute Gasteiger partial charge is 0.490 e. The van der Waals surface area contributed by atoms with Crippen LogP contribution in [0.1, 0.15) is 449 Å². The third kappa shape index (κ3) is 49.0. The molecule has 3 aromatic carbocycles. The van der Waals surface area contributed by atoms with Gasteiger partial charge in [-0.05, 0) is 97.2 Å². The van der Waals surface area contributed by atoms with Gasteiger partial charge in [-0.15, -0.1) is 0 Å². The molecular formula is C96H160N2O6. The summed E-state index contributed by atoms with van der Waals surface area (Å²) < 4.78 is 40.6. The van der Waals surface area contributed by atoms with Crippen LogP contribution in [-0.4, -0.2) is 39.6 Å². The van der Waals surface area contributed by atoms with Gasteiger partial charge in [-0.1, -0.05) is 413 Å². The van der Waals surface area contributed by atoms with E-state index in [1.807, 2.05) is 36.4 Å². The van der Waals surface area contributed by atoms with Gasteiger partial charge < -0.3 is 28.4 Å². The Hall–Kier alpha value is -5.08. The maximum Gasteiger partial charge on any atom is 0.203 e. The number of hydrogen-bond donors (Lipinski definition) is 0. The smallest absolute Gasteiger partial charge is 0.203 e. The highest BCUT2D eigenvalue weighted by molar-refractivity contribution is 5.93. The molecule has 0 heterocycles. The van der Waals surface area contributed by atoms with Crippen molar-refractivity contribution >= 4 is 23.3 Å². The molecular weight excluding hydrogens is 1280 g/mol. The van der Waals surface area contributed by atoms with Crippen LogP contribution in [0, 0.1) is 22.7 Å². The molecule has 8 heteroatoms. The predicted molar refractivity (Wildman–Crippen MR) is 450 cm³/mol. The summed E-state index contributed by atoms with van der Waals surface area (Å²) in [7, 11) is 0. The molecule has 0 N–H and O–H groups in total. The zero-order valence-electron chi connectivity index (χ0n) is 68.8. The van der Waals surface area contributed by atoms with Crippen LogP contribution >= 0.6 is 0 Å². The Balaban J connectivity index is 2.00. The molecule has 8 nitrogen and oxygen atoms in total. The van der Waals surface area contributed by atoms with E-state index in [2.05, 4.69) is 77.9 Å². The van der Waals surface area contributed by atoms with Crippen LogP contribution in [0.2, 0.25) is 0 Å². The maximum atomic E-state index is 11.0. The van der Waals surface area contributed by atoms with E-state index in [4.69, 9.17) is 28.4 Å². The van der Waals surface area contributed by atoms with Gasteiger partial charge in [0, 0.05) is 0 Å². The fraction of sp³-hybridized carbons (Fsp3) is 0.750. The average molecular weight is 1440 g/mol. The van der Waals surface area contributed by atoms with Crippen molar-refractivity contribution in [3.63, 3.8) is 0 Å². The van der Waals surface area contributed by atoms with Gasteiger partial charge in [-0.25, -0.2) is 0 Å². The Labute approximate surface area is 642 Å². The fourth-order valence-corrected chi connectivity index (χ4v) is 14.2. The molecule has 0 spiro atoms. The van der Waals surface area contributed by atoms with Crippen LogP contribution in [0.3, 0.4) is 0 Å². The number of nitriles is 2. The molecule has 0 unspecified atom stereocenters. The minimum atomic E-state index is 0.515. The first kappa shape index (κ1) is 93.1. The molecule has 0 saturated carbocycles. The second-order valence-corrected chi connectivity index (χ2v) is 30.8. The molecule has 0 aromatic heterocycles. The monoisotopic (exact) mass is 1440 g/mol. The zero-order valence-corrected chi connectivity index (χ0v) is 68.8. The van der Waals surface area contributed by atoms with Crippen molar-refractivity contribution in [2.75, 3.05) is 39.6 Å². The second-order valence-electron chi connectivity index (χ2n) is 30.8. The van der Waals surface area contributed by atoms with Crippen molar-refractivity contribution < 1.29 is 28.4 Å². The van der Waals surface area contributed by atoms with E-state index >= 15 is 0 Å². The number of hydrogen-bond acceptors (Lipinski definition) is 8. The van der Waals surface area contributed by atoms with Crippen molar-refractivity contribution in [3.05, 3.63) is 70.8 Å². The Morgan fingerprint density at radius 2 is 0.385 bits per heavy atom. The van der Waals surface area contributed by atoms with Gasteiger partial charge in [0.25, 0.3) is 0 Å². The van der Waals surface area contributed by atoms with Gasteiger partial charge in [0.1, 0.15) is 0 Å². The molecule has 3 rings (SSSR count). The molecule has 0 aliphatic rings. The minimum absolute atomic E-state index is 0.515. The van der Waals surface area contributed by atoms with Crippen molar-refractivity contribution in [2.24, 2.45) is 0 Å². The minimum Gasteiger partial charge on any atom is -0.490 e. The molecule has 590 valence electrons. The quantitative estimate of drug-likeness (QED) is 0.0313. The van der Waals surface area contributed by atoms with Crippen LogP contribution in [0.5, 0.6) is 34.5 Å². The zero-order chi connectivity index (χ0) is 74.3. The van der Waals surface area contributed by atoms with E-state index in [1.54, 1.807) is 0 Å². The van der Waals surface area contributed by atoms with E-state index in [0.29, 0.717) is 85.3 Å². The third-order valence-electron chi connectivity index (χ3n) is 21.0. The summed E-state index contributed by atoms with van der Waals surface area (Å²) in [6.45, 7) is 17.3. The Bertz CT molecular complexity index is 2320. The number of rotatable bonds is 76. The van der Waals surface area contributed by atoms with Crippen molar-refractivity contribution in [3.8, 4) is 46.6 Å². The summed E-state index contributed by atoms with van der Waals surface area (Å²) in [6, 6.07) is 21.2. The second kappa shape index (κ2) is 69.6. The Morgan fingerprint density at radius 1 is 0.231 bits per heavy atom. The summed E-state index contributed by atoms with van der Waals surface area (Å²) >= 11 is 0. The van der Waals surface area contributed by atoms with Gasteiger partial charge in [0.05, 0.1) is 62.9 Å². The van der Waals surface area contributed by atoms with Crippen molar-refractivity contribution in [2.45, 2.75) is 427 Å². The van der Waals surface area contributed by atoms with Gasteiger partial charge in [-0.3, -0.25) is 0 Å². The first-order valence-corrected chi connectivity index (χ1v) is 44.9. The molecule has 3 aromatic rings. The molecule has 0 radical (unpaired) electrons. The van der Waals surface area contributed by atoms with Gasteiger partial charge in [-0.2, -0.15) is 10.5 Å². The SMILES string of the molecule is CCCCCCCCCCCCOc1cc(/C=C(\C#N)c2ccc(/C(C#N)=C/c3cc(OCCCCCCCCCCCC)c(OCCCCCCCCCCCC)c(OCCCCCCCCCCCC)c3)cc2)cc(OCCCCCCCCCCCC)c1OCCCCCCCCCCCC. The van der Waals surface area contributed by atoms with E-state index in [1.165, 1.54) is 308 Å². The summed E-state index contributed by atoms with van der Waals surface area (Å²) in [6.07, 6.45) is 79.6. The summed E-state index contributed by atoms with van der Waals surface area (Å²) in [5, 5.41) is 22.0. The summed E-state index contributed by atoms with van der Waals surface area (Å²) in [4.78, 5) is 0. The van der Waals surface area contributed by atoms with Crippen molar-refractivity contribution in [1.82, 2.24) is 0 Å². The van der Waals surface area contributed by atoms with Crippen LogP contribution in [0.25, 0.3) is 23.3 Å². The van der Waals surface area contributed by atoms with E-state index in [0.717, 1.165) is 99.3 Å². The van der Waals surface area contributed by atoms with Crippen LogP contribution < -0.4 is 28.4 Å². The molecule has 0 fully saturated rings. The lowest BCUT2D eigenvalue weighted by Gasteiger charge is -2.19. The lowest BCUT2D eigenvalue weighted by atomic mass is 9.98. The molecule has 0 aliphatic heterocycles. The average Bonchev–Trinajstić information content (AvgIpc) is 0.821. The lowest BCUT2D eigenvalue weighted by molar-refractivity contribution is 0.234. The highest BCUT2D eigenvalue weighted by atomic mass is 16.5. The lowest BCUT2D eigenvalue weighted by Crippen LogP contribution is -2.07. The summed E-state index contributed by atoms with van der Waals surface area (Å²) in [5.41, 5.74) is 4.23. The highest BCUT2D eigenvalue weighted by Crippen LogP contribution is 2.43. The molecule has 0 bridgehead atoms. The number of unbranched alkanes of at least 4 members (excludes halogenated alkanes) is 54. The van der Waals surface area contributed by atoms with E-state index < -0.39 is 0 Å². The first-order valence-electron chi connectivity index (χ1n) is 44.9. The molecule has 0 amide bonds.